The number of fused-ring (bicyclic) bond motifs is 1. The molecule has 0 fully saturated rings. The van der Waals surface area contributed by atoms with Crippen LogP contribution in [0.3, 0.4) is 0 Å². The summed E-state index contributed by atoms with van der Waals surface area (Å²) in [6.45, 7) is 9.45. The molecule has 0 atom stereocenters. The lowest BCUT2D eigenvalue weighted by molar-refractivity contribution is -0.122. The molecule has 0 unspecified atom stereocenters. The number of amides is 1. The fourth-order valence-electron chi connectivity index (χ4n) is 1.78. The fourth-order valence-corrected chi connectivity index (χ4v) is 1.78. The molecule has 1 amide bonds. The number of ether oxygens (including phenoxy) is 1. The Morgan fingerprint density at radius 1 is 1.35 bits per heavy atom. The third kappa shape index (κ3) is 3.98. The van der Waals surface area contributed by atoms with Crippen LogP contribution in [0.15, 0.2) is 24.5 Å². The second-order valence-corrected chi connectivity index (χ2v) is 3.92. The fraction of sp³-hybridized carbons (Fsp3) is 0.467. The predicted molar refractivity (Wildman–Crippen MR) is 80.9 cm³/mol. The number of rotatable bonds is 5. The molecule has 5 nitrogen and oxygen atoms in total. The highest BCUT2D eigenvalue weighted by atomic mass is 16.5. The van der Waals surface area contributed by atoms with Gasteiger partial charge in [-0.25, -0.2) is 4.98 Å². The largest absolute Gasteiger partial charge is 0.484 e. The Morgan fingerprint density at radius 3 is 2.75 bits per heavy atom. The van der Waals surface area contributed by atoms with Crippen molar-refractivity contribution < 1.29 is 9.53 Å². The van der Waals surface area contributed by atoms with Gasteiger partial charge in [0.25, 0.3) is 5.91 Å². The van der Waals surface area contributed by atoms with Gasteiger partial charge in [0.05, 0.1) is 17.4 Å². The van der Waals surface area contributed by atoms with E-state index in [-0.39, 0.29) is 12.5 Å². The zero-order valence-electron chi connectivity index (χ0n) is 12.6. The van der Waals surface area contributed by atoms with Gasteiger partial charge in [0.2, 0.25) is 0 Å². The molecule has 0 saturated heterocycles. The van der Waals surface area contributed by atoms with Crippen LogP contribution in [0.2, 0.25) is 0 Å². The van der Waals surface area contributed by atoms with E-state index >= 15 is 0 Å². The van der Waals surface area contributed by atoms with Crippen LogP contribution in [0.4, 0.5) is 0 Å². The highest BCUT2D eigenvalue weighted by Crippen LogP contribution is 2.19. The molecule has 0 aliphatic heterocycles. The number of hydrogen-bond donors (Lipinski definition) is 1. The van der Waals surface area contributed by atoms with Gasteiger partial charge in [0, 0.05) is 19.2 Å². The maximum Gasteiger partial charge on any atom is 0.257 e. The van der Waals surface area contributed by atoms with E-state index in [1.165, 1.54) is 0 Å². The summed E-state index contributed by atoms with van der Waals surface area (Å²) < 4.78 is 7.48. The van der Waals surface area contributed by atoms with Crippen molar-refractivity contribution in [2.45, 2.75) is 34.2 Å². The lowest BCUT2D eigenvalue weighted by Gasteiger charge is -2.06. The minimum Gasteiger partial charge on any atom is -0.484 e. The summed E-state index contributed by atoms with van der Waals surface area (Å²) >= 11 is 0. The molecule has 0 aliphatic carbocycles. The summed E-state index contributed by atoms with van der Waals surface area (Å²) in [5, 5.41) is 2.69. The highest BCUT2D eigenvalue weighted by Gasteiger charge is 2.05. The van der Waals surface area contributed by atoms with Crippen molar-refractivity contribution in [3.8, 4) is 5.75 Å². The van der Waals surface area contributed by atoms with Gasteiger partial charge in [0.1, 0.15) is 5.75 Å². The Labute approximate surface area is 120 Å². The molecule has 20 heavy (non-hydrogen) atoms. The zero-order valence-corrected chi connectivity index (χ0v) is 12.6. The lowest BCUT2D eigenvalue weighted by atomic mass is 10.3. The van der Waals surface area contributed by atoms with Crippen molar-refractivity contribution in [1.82, 2.24) is 14.9 Å². The van der Waals surface area contributed by atoms with Gasteiger partial charge in [-0.2, -0.15) is 0 Å². The molecule has 110 valence electrons. The number of aryl methyl sites for hydroxylation is 1. The molecule has 2 rings (SSSR count). The molecule has 1 aromatic carbocycles. The van der Waals surface area contributed by atoms with Crippen molar-refractivity contribution in [1.29, 1.82) is 0 Å². The van der Waals surface area contributed by atoms with Crippen molar-refractivity contribution in [2.24, 2.45) is 0 Å². The van der Waals surface area contributed by atoms with E-state index in [1.807, 2.05) is 43.5 Å². The van der Waals surface area contributed by atoms with E-state index in [4.69, 9.17) is 4.74 Å². The van der Waals surface area contributed by atoms with E-state index in [9.17, 15) is 4.79 Å². The second kappa shape index (κ2) is 8.19. The smallest absolute Gasteiger partial charge is 0.257 e. The van der Waals surface area contributed by atoms with Gasteiger partial charge in [0.15, 0.2) is 6.61 Å². The van der Waals surface area contributed by atoms with Crippen molar-refractivity contribution in [3.05, 3.63) is 24.5 Å². The van der Waals surface area contributed by atoms with Crippen LogP contribution in [0, 0.1) is 0 Å². The number of likely N-dealkylation sites (N-methyl/N-ethyl adjacent to an activating group) is 1. The van der Waals surface area contributed by atoms with Gasteiger partial charge in [-0.15, -0.1) is 0 Å². The van der Waals surface area contributed by atoms with Gasteiger partial charge in [-0.05, 0) is 26.0 Å². The maximum atomic E-state index is 11.3. The second-order valence-electron chi connectivity index (χ2n) is 3.92. The molecular formula is C15H23N3O2. The normalized spacial score (nSPS) is 9.80. The topological polar surface area (TPSA) is 56.1 Å². The lowest BCUT2D eigenvalue weighted by Crippen LogP contribution is -2.28. The summed E-state index contributed by atoms with van der Waals surface area (Å²) in [4.78, 5) is 15.6. The third-order valence-electron chi connectivity index (χ3n) is 2.68. The molecule has 1 N–H and O–H groups in total. The van der Waals surface area contributed by atoms with Crippen LogP contribution in [0.25, 0.3) is 11.0 Å². The molecule has 1 aromatic heterocycles. The van der Waals surface area contributed by atoms with Crippen molar-refractivity contribution in [2.75, 3.05) is 13.2 Å². The summed E-state index contributed by atoms with van der Waals surface area (Å²) in [5.74, 6) is 0.575. The zero-order chi connectivity index (χ0) is 15.0. The third-order valence-corrected chi connectivity index (χ3v) is 2.68. The monoisotopic (exact) mass is 277 g/mol. The number of nitrogens with zero attached hydrogens (tertiary/aromatic N) is 2. The number of imidazole rings is 1. The molecule has 1 heterocycles. The number of nitrogens with one attached hydrogen (secondary N) is 1. The van der Waals surface area contributed by atoms with Gasteiger partial charge < -0.3 is 14.6 Å². The van der Waals surface area contributed by atoms with Crippen LogP contribution < -0.4 is 10.1 Å². The quantitative estimate of drug-likeness (QED) is 0.914. The highest BCUT2D eigenvalue weighted by molar-refractivity contribution is 5.79. The maximum absolute atomic E-state index is 11.3. The summed E-state index contributed by atoms with van der Waals surface area (Å²) in [5.41, 5.74) is 1.95. The summed E-state index contributed by atoms with van der Waals surface area (Å²) in [7, 11) is 0. The summed E-state index contributed by atoms with van der Waals surface area (Å²) in [6, 6.07) is 5.63. The minimum absolute atomic E-state index is 0.0413. The molecule has 2 aromatic rings. The Bertz CT molecular complexity index is 549. The first-order valence-corrected chi connectivity index (χ1v) is 7.09. The Kier molecular flexibility index (Phi) is 6.56. The Hall–Kier alpha value is -2.04. The standard InChI is InChI=1S/C13H17N3O2.C2H6/c1-3-14-13(17)8-18-10-5-6-11-12(7-10)16(4-2)9-15-11;1-2/h5-7,9H,3-4,8H2,1-2H3,(H,14,17);1-2H3. The van der Waals surface area contributed by atoms with Crippen LogP contribution in [-0.4, -0.2) is 28.6 Å². The van der Waals surface area contributed by atoms with E-state index in [1.54, 1.807) is 6.33 Å². The average molecular weight is 277 g/mol. The van der Waals surface area contributed by atoms with Crippen molar-refractivity contribution in [3.63, 3.8) is 0 Å². The van der Waals surface area contributed by atoms with Crippen LogP contribution in [0.1, 0.15) is 27.7 Å². The SMILES string of the molecule is CC.CCNC(=O)COc1ccc2ncn(CC)c2c1. The average Bonchev–Trinajstić information content (AvgIpc) is 2.90. The predicted octanol–water partition coefficient (Wildman–Crippen LogP) is 2.60. The van der Waals surface area contributed by atoms with Gasteiger partial charge in [-0.1, -0.05) is 13.8 Å². The summed E-state index contributed by atoms with van der Waals surface area (Å²) in [6.07, 6.45) is 1.80. The number of hydrogen-bond acceptors (Lipinski definition) is 3. The van der Waals surface area contributed by atoms with Crippen molar-refractivity contribution >= 4 is 16.9 Å². The van der Waals surface area contributed by atoms with Crippen LogP contribution >= 0.6 is 0 Å². The Morgan fingerprint density at radius 2 is 2.10 bits per heavy atom. The number of aromatic nitrogens is 2. The van der Waals surface area contributed by atoms with E-state index in [2.05, 4.69) is 17.2 Å². The molecule has 0 saturated carbocycles. The molecule has 0 aliphatic rings. The number of carbonyl (C=O) groups is 1. The number of carbonyl (C=O) groups excluding carboxylic acids is 1. The first-order chi connectivity index (χ1) is 9.74. The molecule has 5 heteroatoms. The number of benzene rings is 1. The van der Waals surface area contributed by atoms with E-state index < -0.39 is 0 Å². The van der Waals surface area contributed by atoms with E-state index in [0.29, 0.717) is 12.3 Å². The Balaban J connectivity index is 0.000000956. The van der Waals surface area contributed by atoms with Gasteiger partial charge >= 0.3 is 0 Å². The first kappa shape index (κ1) is 16.0. The molecule has 0 bridgehead atoms. The van der Waals surface area contributed by atoms with Gasteiger partial charge in [-0.3, -0.25) is 4.79 Å². The molecule has 0 radical (unpaired) electrons. The first-order valence-electron chi connectivity index (χ1n) is 7.09. The molecular weight excluding hydrogens is 254 g/mol. The molecule has 0 spiro atoms. The van der Waals surface area contributed by atoms with Crippen LogP contribution in [0.5, 0.6) is 5.75 Å². The van der Waals surface area contributed by atoms with E-state index in [0.717, 1.165) is 17.6 Å². The minimum atomic E-state index is -0.110. The van der Waals surface area contributed by atoms with Crippen LogP contribution in [-0.2, 0) is 11.3 Å².